The molecule has 2 N–H and O–H groups in total. The van der Waals surface area contributed by atoms with Crippen LogP contribution in [0.15, 0.2) is 18.2 Å². The summed E-state index contributed by atoms with van der Waals surface area (Å²) in [5, 5.41) is 0. The molecule has 18 heavy (non-hydrogen) atoms. The summed E-state index contributed by atoms with van der Waals surface area (Å²) in [5.74, 6) is -0.925. The van der Waals surface area contributed by atoms with E-state index >= 15 is 0 Å². The van der Waals surface area contributed by atoms with Crippen LogP contribution in [-0.4, -0.2) is 24.5 Å². The lowest BCUT2D eigenvalue weighted by Crippen LogP contribution is -2.35. The normalized spacial score (nSPS) is 17.5. The van der Waals surface area contributed by atoms with E-state index < -0.39 is 11.6 Å². The standard InChI is InChI=1S/C13H18F2N2.ClH/c14-12-2-1-11(7-13(12)15)9-17-5-3-10(8-16)4-6-17;/h1-2,7,10H,3-6,8-9,16H2;1H. The predicted octanol–water partition coefficient (Wildman–Crippen LogP) is 2.56. The van der Waals surface area contributed by atoms with Crippen LogP contribution in [0.4, 0.5) is 8.78 Å². The summed E-state index contributed by atoms with van der Waals surface area (Å²) >= 11 is 0. The Morgan fingerprint density at radius 1 is 1.17 bits per heavy atom. The molecule has 2 nitrogen and oxygen atoms in total. The second-order valence-corrected chi connectivity index (χ2v) is 4.70. The minimum atomic E-state index is -0.782. The van der Waals surface area contributed by atoms with E-state index in [-0.39, 0.29) is 12.4 Å². The van der Waals surface area contributed by atoms with Gasteiger partial charge in [0, 0.05) is 6.54 Å². The van der Waals surface area contributed by atoms with Crippen molar-refractivity contribution in [2.24, 2.45) is 11.7 Å². The molecule has 1 aliphatic rings. The van der Waals surface area contributed by atoms with Gasteiger partial charge in [0.15, 0.2) is 11.6 Å². The zero-order valence-electron chi connectivity index (χ0n) is 10.2. The van der Waals surface area contributed by atoms with Crippen LogP contribution >= 0.6 is 12.4 Å². The first-order valence-electron chi connectivity index (χ1n) is 6.05. The molecule has 1 aromatic carbocycles. The van der Waals surface area contributed by atoms with Gasteiger partial charge in [-0.25, -0.2) is 8.78 Å². The van der Waals surface area contributed by atoms with Crippen LogP contribution in [-0.2, 0) is 6.54 Å². The number of halogens is 3. The highest BCUT2D eigenvalue weighted by Gasteiger charge is 2.18. The van der Waals surface area contributed by atoms with Crippen molar-refractivity contribution in [3.8, 4) is 0 Å². The van der Waals surface area contributed by atoms with E-state index in [9.17, 15) is 8.78 Å². The minimum Gasteiger partial charge on any atom is -0.330 e. The number of likely N-dealkylation sites (tertiary alicyclic amines) is 1. The monoisotopic (exact) mass is 276 g/mol. The number of piperidine rings is 1. The zero-order chi connectivity index (χ0) is 12.3. The van der Waals surface area contributed by atoms with Gasteiger partial charge in [-0.1, -0.05) is 6.07 Å². The molecule has 102 valence electrons. The fourth-order valence-electron chi connectivity index (χ4n) is 2.28. The van der Waals surface area contributed by atoms with Gasteiger partial charge < -0.3 is 5.73 Å². The third-order valence-electron chi connectivity index (χ3n) is 3.43. The van der Waals surface area contributed by atoms with E-state index in [0.717, 1.165) is 38.0 Å². The Bertz CT molecular complexity index is 379. The summed E-state index contributed by atoms with van der Waals surface area (Å²) < 4.78 is 25.8. The molecule has 1 aliphatic heterocycles. The van der Waals surface area contributed by atoms with Crippen LogP contribution in [0.25, 0.3) is 0 Å². The van der Waals surface area contributed by atoms with Gasteiger partial charge in [-0.05, 0) is 56.1 Å². The molecule has 0 unspecified atom stereocenters. The Kier molecular flexibility index (Phi) is 5.99. The Hall–Kier alpha value is -0.710. The van der Waals surface area contributed by atoms with E-state index in [0.29, 0.717) is 12.5 Å². The maximum Gasteiger partial charge on any atom is 0.159 e. The van der Waals surface area contributed by atoms with Crippen molar-refractivity contribution < 1.29 is 8.78 Å². The molecule has 0 atom stereocenters. The third kappa shape index (κ3) is 3.90. The summed E-state index contributed by atoms with van der Waals surface area (Å²) in [6.07, 6.45) is 2.19. The smallest absolute Gasteiger partial charge is 0.159 e. The van der Waals surface area contributed by atoms with E-state index in [1.54, 1.807) is 6.07 Å². The van der Waals surface area contributed by atoms with E-state index in [2.05, 4.69) is 4.90 Å². The van der Waals surface area contributed by atoms with Gasteiger partial charge in [-0.2, -0.15) is 0 Å². The fraction of sp³-hybridized carbons (Fsp3) is 0.538. The molecule has 0 amide bonds. The molecule has 0 radical (unpaired) electrons. The molecule has 1 saturated heterocycles. The summed E-state index contributed by atoms with van der Waals surface area (Å²) in [6.45, 7) is 3.41. The molecule has 1 aromatic rings. The average molecular weight is 277 g/mol. The molecule has 0 aromatic heterocycles. The number of benzene rings is 1. The average Bonchev–Trinajstić information content (AvgIpc) is 2.35. The molecular formula is C13H19ClF2N2. The van der Waals surface area contributed by atoms with Crippen LogP contribution in [0.3, 0.4) is 0 Å². The first kappa shape index (κ1) is 15.3. The lowest BCUT2D eigenvalue weighted by Gasteiger charge is -2.31. The summed E-state index contributed by atoms with van der Waals surface area (Å²) in [7, 11) is 0. The molecule has 0 spiro atoms. The van der Waals surface area contributed by atoms with Crippen LogP contribution in [0.5, 0.6) is 0 Å². The Labute approximate surface area is 113 Å². The van der Waals surface area contributed by atoms with Gasteiger partial charge in [0.05, 0.1) is 0 Å². The van der Waals surface area contributed by atoms with Crippen molar-refractivity contribution in [3.63, 3.8) is 0 Å². The maximum atomic E-state index is 13.0. The van der Waals surface area contributed by atoms with Gasteiger partial charge in [0.1, 0.15) is 0 Å². The Balaban J connectivity index is 0.00000162. The van der Waals surface area contributed by atoms with Crippen molar-refractivity contribution in [2.75, 3.05) is 19.6 Å². The third-order valence-corrected chi connectivity index (χ3v) is 3.43. The largest absolute Gasteiger partial charge is 0.330 e. The van der Waals surface area contributed by atoms with E-state index in [1.807, 2.05) is 0 Å². The van der Waals surface area contributed by atoms with Gasteiger partial charge in [-0.15, -0.1) is 12.4 Å². The highest BCUT2D eigenvalue weighted by atomic mass is 35.5. The molecule has 5 heteroatoms. The number of rotatable bonds is 3. The SMILES string of the molecule is Cl.NCC1CCN(Cc2ccc(F)c(F)c2)CC1. The molecular weight excluding hydrogens is 258 g/mol. The molecule has 1 fully saturated rings. The van der Waals surface area contributed by atoms with Crippen LogP contribution < -0.4 is 5.73 Å². The quantitative estimate of drug-likeness (QED) is 0.919. The highest BCUT2D eigenvalue weighted by Crippen LogP contribution is 2.18. The lowest BCUT2D eigenvalue weighted by molar-refractivity contribution is 0.180. The van der Waals surface area contributed by atoms with E-state index in [4.69, 9.17) is 5.73 Å². The van der Waals surface area contributed by atoms with Crippen molar-refractivity contribution >= 4 is 12.4 Å². The van der Waals surface area contributed by atoms with Crippen molar-refractivity contribution in [1.29, 1.82) is 0 Å². The first-order chi connectivity index (χ1) is 8.19. The van der Waals surface area contributed by atoms with Crippen LogP contribution in [0.1, 0.15) is 18.4 Å². The molecule has 0 aliphatic carbocycles. The van der Waals surface area contributed by atoms with Gasteiger partial charge in [-0.3, -0.25) is 4.90 Å². The molecule has 0 saturated carbocycles. The number of hydrogen-bond acceptors (Lipinski definition) is 2. The maximum absolute atomic E-state index is 13.0. The zero-order valence-corrected chi connectivity index (χ0v) is 11.1. The Morgan fingerprint density at radius 3 is 2.39 bits per heavy atom. The summed E-state index contributed by atoms with van der Waals surface area (Å²) in [5.41, 5.74) is 6.46. The lowest BCUT2D eigenvalue weighted by atomic mass is 9.97. The number of nitrogens with zero attached hydrogens (tertiary/aromatic N) is 1. The Morgan fingerprint density at radius 2 is 1.83 bits per heavy atom. The summed E-state index contributed by atoms with van der Waals surface area (Å²) in [6, 6.07) is 4.12. The minimum absolute atomic E-state index is 0. The van der Waals surface area contributed by atoms with E-state index in [1.165, 1.54) is 12.1 Å². The van der Waals surface area contributed by atoms with Crippen LogP contribution in [0.2, 0.25) is 0 Å². The highest BCUT2D eigenvalue weighted by molar-refractivity contribution is 5.85. The van der Waals surface area contributed by atoms with Crippen molar-refractivity contribution in [2.45, 2.75) is 19.4 Å². The number of nitrogens with two attached hydrogens (primary N) is 1. The summed E-state index contributed by atoms with van der Waals surface area (Å²) in [4.78, 5) is 2.26. The number of hydrogen-bond donors (Lipinski definition) is 1. The fourth-order valence-corrected chi connectivity index (χ4v) is 2.28. The molecule has 1 heterocycles. The second-order valence-electron chi connectivity index (χ2n) is 4.70. The van der Waals surface area contributed by atoms with Gasteiger partial charge >= 0.3 is 0 Å². The predicted molar refractivity (Wildman–Crippen MR) is 70.7 cm³/mol. The van der Waals surface area contributed by atoms with Crippen LogP contribution in [0, 0.1) is 17.6 Å². The second kappa shape index (κ2) is 7.02. The molecule has 2 rings (SSSR count). The first-order valence-corrected chi connectivity index (χ1v) is 6.05. The molecule has 0 bridgehead atoms. The van der Waals surface area contributed by atoms with Crippen molar-refractivity contribution in [3.05, 3.63) is 35.4 Å². The van der Waals surface area contributed by atoms with Gasteiger partial charge in [0.2, 0.25) is 0 Å². The van der Waals surface area contributed by atoms with Crippen molar-refractivity contribution in [1.82, 2.24) is 4.90 Å². The topological polar surface area (TPSA) is 29.3 Å². The van der Waals surface area contributed by atoms with Gasteiger partial charge in [0.25, 0.3) is 0 Å².